The topological polar surface area (TPSA) is 35.8 Å². The molecule has 1 atom stereocenters. The fraction of sp³-hybridized carbons (Fsp3) is 0.667. The Morgan fingerprint density at radius 2 is 2.24 bits per heavy atom. The smallest absolute Gasteiger partial charge is 0.195 e. The van der Waals surface area contributed by atoms with Crippen LogP contribution in [0.4, 0.5) is 5.82 Å². The minimum absolute atomic E-state index is 0.593. The molecule has 2 aromatic heterocycles. The van der Waals surface area contributed by atoms with Crippen LogP contribution in [0.25, 0.3) is 4.96 Å². The molecule has 1 aliphatic rings. The van der Waals surface area contributed by atoms with Crippen molar-refractivity contribution in [2.45, 2.75) is 33.4 Å². The second-order valence-corrected chi connectivity index (χ2v) is 6.51. The zero-order chi connectivity index (χ0) is 14.8. The number of anilines is 1. The van der Waals surface area contributed by atoms with E-state index in [0.29, 0.717) is 6.04 Å². The molecule has 1 N–H and O–H groups in total. The molecule has 0 amide bonds. The molecule has 0 saturated carbocycles. The van der Waals surface area contributed by atoms with Gasteiger partial charge in [0, 0.05) is 43.8 Å². The summed E-state index contributed by atoms with van der Waals surface area (Å²) in [5, 5.41) is 5.56. The van der Waals surface area contributed by atoms with E-state index in [4.69, 9.17) is 4.98 Å². The number of nitrogens with zero attached hydrogens (tertiary/aromatic N) is 4. The van der Waals surface area contributed by atoms with Crippen LogP contribution in [-0.2, 0) is 6.54 Å². The van der Waals surface area contributed by atoms with E-state index in [9.17, 15) is 0 Å². The van der Waals surface area contributed by atoms with Crippen molar-refractivity contribution in [3.63, 3.8) is 0 Å². The average Bonchev–Trinajstić information content (AvgIpc) is 3.06. The minimum atomic E-state index is 0.593. The van der Waals surface area contributed by atoms with Gasteiger partial charge in [-0.25, -0.2) is 4.98 Å². The SMILES string of the molecule is CCNCc1c(N2CCN(CC)C(C)C2)nc2sccn12. The average molecular weight is 307 g/mol. The Labute approximate surface area is 130 Å². The van der Waals surface area contributed by atoms with Crippen LogP contribution in [-0.4, -0.2) is 53.1 Å². The van der Waals surface area contributed by atoms with Crippen molar-refractivity contribution in [1.29, 1.82) is 0 Å². The normalized spacial score (nSPS) is 20.5. The van der Waals surface area contributed by atoms with Crippen LogP contribution in [0.1, 0.15) is 26.5 Å². The lowest BCUT2D eigenvalue weighted by Crippen LogP contribution is -2.52. The molecule has 0 bridgehead atoms. The Morgan fingerprint density at radius 3 is 2.95 bits per heavy atom. The highest BCUT2D eigenvalue weighted by molar-refractivity contribution is 7.15. The molecular formula is C15H25N5S. The lowest BCUT2D eigenvalue weighted by molar-refractivity contribution is 0.199. The maximum Gasteiger partial charge on any atom is 0.195 e. The van der Waals surface area contributed by atoms with Crippen LogP contribution in [0.5, 0.6) is 0 Å². The van der Waals surface area contributed by atoms with Crippen LogP contribution in [0, 0.1) is 0 Å². The third-order valence-corrected chi connectivity index (χ3v) is 5.11. The summed E-state index contributed by atoms with van der Waals surface area (Å²) in [5.74, 6) is 1.17. The Hall–Kier alpha value is -1.11. The molecule has 3 rings (SSSR count). The Kier molecular flexibility index (Phi) is 4.47. The van der Waals surface area contributed by atoms with Gasteiger partial charge < -0.3 is 10.2 Å². The number of imidazole rings is 1. The van der Waals surface area contributed by atoms with Crippen molar-refractivity contribution in [2.75, 3.05) is 37.6 Å². The number of fused-ring (bicyclic) bond motifs is 1. The highest BCUT2D eigenvalue weighted by Crippen LogP contribution is 2.26. The van der Waals surface area contributed by atoms with Crippen molar-refractivity contribution >= 4 is 22.1 Å². The summed E-state index contributed by atoms with van der Waals surface area (Å²) in [6.07, 6.45) is 2.13. The summed E-state index contributed by atoms with van der Waals surface area (Å²) >= 11 is 1.71. The number of thiazole rings is 1. The van der Waals surface area contributed by atoms with Gasteiger partial charge >= 0.3 is 0 Å². The molecule has 1 aliphatic heterocycles. The van der Waals surface area contributed by atoms with Crippen molar-refractivity contribution in [3.05, 3.63) is 17.3 Å². The summed E-state index contributed by atoms with van der Waals surface area (Å²) in [6.45, 7) is 13.0. The molecule has 2 aromatic rings. The molecule has 6 heteroatoms. The zero-order valence-electron chi connectivity index (χ0n) is 13.2. The van der Waals surface area contributed by atoms with E-state index >= 15 is 0 Å². The first-order valence-electron chi connectivity index (χ1n) is 7.88. The molecule has 116 valence electrons. The molecular weight excluding hydrogens is 282 g/mol. The zero-order valence-corrected chi connectivity index (χ0v) is 14.0. The van der Waals surface area contributed by atoms with Crippen LogP contribution in [0.2, 0.25) is 0 Å². The van der Waals surface area contributed by atoms with Gasteiger partial charge in [0.15, 0.2) is 10.8 Å². The second kappa shape index (κ2) is 6.34. The summed E-state index contributed by atoms with van der Waals surface area (Å²) in [6, 6.07) is 0.593. The van der Waals surface area contributed by atoms with Gasteiger partial charge in [0.25, 0.3) is 0 Å². The fourth-order valence-electron chi connectivity index (χ4n) is 3.14. The highest BCUT2D eigenvalue weighted by atomic mass is 32.1. The molecule has 0 radical (unpaired) electrons. The molecule has 0 spiro atoms. The van der Waals surface area contributed by atoms with Crippen molar-refractivity contribution < 1.29 is 0 Å². The van der Waals surface area contributed by atoms with E-state index in [-0.39, 0.29) is 0 Å². The highest BCUT2D eigenvalue weighted by Gasteiger charge is 2.26. The van der Waals surface area contributed by atoms with E-state index in [1.165, 1.54) is 11.5 Å². The molecule has 1 saturated heterocycles. The van der Waals surface area contributed by atoms with E-state index in [2.05, 4.69) is 51.9 Å². The third kappa shape index (κ3) is 2.80. The molecule has 1 unspecified atom stereocenters. The summed E-state index contributed by atoms with van der Waals surface area (Å²) in [7, 11) is 0. The van der Waals surface area contributed by atoms with Gasteiger partial charge in [-0.2, -0.15) is 0 Å². The number of rotatable bonds is 5. The predicted octanol–water partition coefficient (Wildman–Crippen LogP) is 2.04. The van der Waals surface area contributed by atoms with Crippen LogP contribution in [0.3, 0.4) is 0 Å². The van der Waals surface area contributed by atoms with Crippen molar-refractivity contribution in [3.8, 4) is 0 Å². The number of piperazine rings is 1. The summed E-state index contributed by atoms with van der Waals surface area (Å²) in [4.78, 5) is 11.0. The van der Waals surface area contributed by atoms with Crippen LogP contribution in [0.15, 0.2) is 11.6 Å². The molecule has 3 heterocycles. The second-order valence-electron chi connectivity index (χ2n) is 5.64. The standard InChI is InChI=1S/C15H25N5S/c1-4-16-10-13-14(17-15-20(13)8-9-21-15)19-7-6-18(5-2)12(3)11-19/h8-9,12,16H,4-7,10-11H2,1-3H3. The van der Waals surface area contributed by atoms with Crippen molar-refractivity contribution in [1.82, 2.24) is 19.6 Å². The van der Waals surface area contributed by atoms with Crippen LogP contribution < -0.4 is 10.2 Å². The number of nitrogens with one attached hydrogen (secondary N) is 1. The molecule has 5 nitrogen and oxygen atoms in total. The quantitative estimate of drug-likeness (QED) is 0.917. The van der Waals surface area contributed by atoms with Crippen LogP contribution >= 0.6 is 11.3 Å². The first-order valence-corrected chi connectivity index (χ1v) is 8.76. The number of aromatic nitrogens is 2. The molecule has 21 heavy (non-hydrogen) atoms. The number of likely N-dealkylation sites (N-methyl/N-ethyl adjacent to an activating group) is 1. The van der Waals surface area contributed by atoms with Crippen molar-refractivity contribution in [2.24, 2.45) is 0 Å². The Balaban J connectivity index is 1.87. The first-order chi connectivity index (χ1) is 10.2. The van der Waals surface area contributed by atoms with E-state index in [1.807, 2.05) is 0 Å². The van der Waals surface area contributed by atoms with E-state index in [1.54, 1.807) is 11.3 Å². The third-order valence-electron chi connectivity index (χ3n) is 4.35. The largest absolute Gasteiger partial charge is 0.352 e. The summed E-state index contributed by atoms with van der Waals surface area (Å²) in [5.41, 5.74) is 1.30. The van der Waals surface area contributed by atoms with Gasteiger partial charge in [0.1, 0.15) is 0 Å². The van der Waals surface area contributed by atoms with Gasteiger partial charge in [-0.05, 0) is 20.0 Å². The molecule has 1 fully saturated rings. The van der Waals surface area contributed by atoms with E-state index in [0.717, 1.165) is 44.2 Å². The Bertz CT molecular complexity index is 590. The van der Waals surface area contributed by atoms with Gasteiger partial charge in [-0.15, -0.1) is 11.3 Å². The summed E-state index contributed by atoms with van der Waals surface area (Å²) < 4.78 is 2.24. The predicted molar refractivity (Wildman–Crippen MR) is 89.4 cm³/mol. The first kappa shape index (κ1) is 14.8. The maximum absolute atomic E-state index is 4.88. The Morgan fingerprint density at radius 1 is 1.38 bits per heavy atom. The van der Waals surface area contributed by atoms with Gasteiger partial charge in [0.05, 0.1) is 5.69 Å². The molecule has 0 aliphatic carbocycles. The fourth-order valence-corrected chi connectivity index (χ4v) is 3.87. The van der Waals surface area contributed by atoms with Gasteiger partial charge in [-0.1, -0.05) is 13.8 Å². The van der Waals surface area contributed by atoms with E-state index < -0.39 is 0 Å². The van der Waals surface area contributed by atoms with Gasteiger partial charge in [0.2, 0.25) is 0 Å². The lowest BCUT2D eigenvalue weighted by Gasteiger charge is -2.39. The van der Waals surface area contributed by atoms with Gasteiger partial charge in [-0.3, -0.25) is 9.30 Å². The minimum Gasteiger partial charge on any atom is -0.352 e. The monoisotopic (exact) mass is 307 g/mol. The molecule has 0 aromatic carbocycles. The number of hydrogen-bond donors (Lipinski definition) is 1. The number of hydrogen-bond acceptors (Lipinski definition) is 5. The lowest BCUT2D eigenvalue weighted by atomic mass is 10.2. The maximum atomic E-state index is 4.88.